The van der Waals surface area contributed by atoms with E-state index in [2.05, 4.69) is 146 Å². The van der Waals surface area contributed by atoms with Crippen molar-refractivity contribution in [1.82, 2.24) is 0 Å². The minimum Gasteiger partial charge on any atom is -0.456 e. The van der Waals surface area contributed by atoms with E-state index in [0.29, 0.717) is 0 Å². The molecule has 0 amide bonds. The van der Waals surface area contributed by atoms with Crippen molar-refractivity contribution in [2.24, 2.45) is 0 Å². The van der Waals surface area contributed by atoms with Gasteiger partial charge in [0.2, 0.25) is 0 Å². The number of nitrogens with zero attached hydrogens (tertiary/aromatic N) is 1. The molecule has 0 N–H and O–H groups in total. The van der Waals surface area contributed by atoms with Crippen molar-refractivity contribution in [1.29, 1.82) is 0 Å². The monoisotopic (exact) mass is 527 g/mol. The molecule has 0 fully saturated rings. The molecule has 1 aliphatic rings. The van der Waals surface area contributed by atoms with E-state index < -0.39 is 0 Å². The van der Waals surface area contributed by atoms with Crippen LogP contribution in [0.15, 0.2) is 144 Å². The van der Waals surface area contributed by atoms with Crippen LogP contribution in [0.25, 0.3) is 44.2 Å². The number of rotatable bonds is 3. The van der Waals surface area contributed by atoms with Gasteiger partial charge < -0.3 is 9.32 Å². The number of para-hydroxylation sites is 2. The lowest BCUT2D eigenvalue weighted by atomic mass is 9.73. The zero-order valence-electron chi connectivity index (χ0n) is 23.1. The summed E-state index contributed by atoms with van der Waals surface area (Å²) in [6.45, 7) is 4.68. The topological polar surface area (TPSA) is 16.4 Å². The second kappa shape index (κ2) is 8.97. The Labute approximate surface area is 240 Å². The first-order valence-corrected chi connectivity index (χ1v) is 14.2. The van der Waals surface area contributed by atoms with E-state index in [1.54, 1.807) is 0 Å². The Morgan fingerprint density at radius 1 is 0.463 bits per heavy atom. The molecule has 2 heterocycles. The Kier molecular flexibility index (Phi) is 5.20. The van der Waals surface area contributed by atoms with Gasteiger partial charge in [-0.1, -0.05) is 105 Å². The van der Waals surface area contributed by atoms with Crippen LogP contribution in [0.2, 0.25) is 0 Å². The molecule has 7 aromatic rings. The van der Waals surface area contributed by atoms with E-state index in [4.69, 9.17) is 4.42 Å². The maximum atomic E-state index is 6.22. The number of fused-ring (bicyclic) bond motifs is 5. The Morgan fingerprint density at radius 3 is 1.93 bits per heavy atom. The fourth-order valence-electron chi connectivity index (χ4n) is 6.50. The van der Waals surface area contributed by atoms with E-state index in [0.717, 1.165) is 33.2 Å². The third-order valence-electron chi connectivity index (χ3n) is 8.67. The van der Waals surface area contributed by atoms with Gasteiger partial charge in [0.25, 0.3) is 0 Å². The number of benzene rings is 6. The Hall–Kier alpha value is -5.08. The summed E-state index contributed by atoms with van der Waals surface area (Å²) in [6.07, 6.45) is 0. The normalized spacial score (nSPS) is 13.8. The molecule has 41 heavy (non-hydrogen) atoms. The summed E-state index contributed by atoms with van der Waals surface area (Å²) in [4.78, 5) is 2.41. The lowest BCUT2D eigenvalue weighted by Gasteiger charge is -2.42. The van der Waals surface area contributed by atoms with E-state index >= 15 is 0 Å². The summed E-state index contributed by atoms with van der Waals surface area (Å²) >= 11 is 0. The van der Waals surface area contributed by atoms with Gasteiger partial charge in [0.05, 0.1) is 11.4 Å². The molecule has 8 rings (SSSR count). The standard InChI is InChI=1S/C39H29NO/c1-39(2)33-13-7-8-14-35(33)40(30-20-16-27(17-21-30)26-10-4-3-5-11-26)36-23-19-28(24-34(36)39)29-18-22-32-31-12-6-9-15-37(31)41-38(32)25-29/h3-25H,1-2H3. The van der Waals surface area contributed by atoms with Crippen molar-refractivity contribution in [2.45, 2.75) is 19.3 Å². The van der Waals surface area contributed by atoms with Crippen LogP contribution in [-0.2, 0) is 5.41 Å². The predicted molar refractivity (Wildman–Crippen MR) is 171 cm³/mol. The highest BCUT2D eigenvalue weighted by atomic mass is 16.3. The summed E-state index contributed by atoms with van der Waals surface area (Å²) in [5, 5.41) is 2.31. The summed E-state index contributed by atoms with van der Waals surface area (Å²) in [7, 11) is 0. The Morgan fingerprint density at radius 2 is 1.07 bits per heavy atom. The second-order valence-corrected chi connectivity index (χ2v) is 11.4. The van der Waals surface area contributed by atoms with E-state index in [-0.39, 0.29) is 5.41 Å². The molecular weight excluding hydrogens is 498 g/mol. The van der Waals surface area contributed by atoms with Crippen molar-refractivity contribution < 1.29 is 4.42 Å². The fraction of sp³-hybridized carbons (Fsp3) is 0.0769. The molecule has 196 valence electrons. The van der Waals surface area contributed by atoms with Gasteiger partial charge >= 0.3 is 0 Å². The van der Waals surface area contributed by atoms with Crippen molar-refractivity contribution >= 4 is 39.0 Å². The van der Waals surface area contributed by atoms with E-state index in [1.165, 1.54) is 39.2 Å². The zero-order chi connectivity index (χ0) is 27.6. The highest BCUT2D eigenvalue weighted by Gasteiger charge is 2.37. The molecule has 0 aliphatic carbocycles. The van der Waals surface area contributed by atoms with Crippen LogP contribution >= 0.6 is 0 Å². The smallest absolute Gasteiger partial charge is 0.136 e. The Balaban J connectivity index is 1.26. The van der Waals surface area contributed by atoms with Crippen LogP contribution in [0.4, 0.5) is 17.1 Å². The Bertz CT molecular complexity index is 2070. The zero-order valence-corrected chi connectivity index (χ0v) is 23.1. The molecular formula is C39H29NO. The summed E-state index contributed by atoms with van der Waals surface area (Å²) in [5.41, 5.74) is 12.7. The van der Waals surface area contributed by atoms with Gasteiger partial charge in [-0.3, -0.25) is 0 Å². The van der Waals surface area contributed by atoms with Gasteiger partial charge in [-0.05, 0) is 81.9 Å². The lowest BCUT2D eigenvalue weighted by Crippen LogP contribution is -2.30. The number of hydrogen-bond donors (Lipinski definition) is 0. The third-order valence-corrected chi connectivity index (χ3v) is 8.67. The van der Waals surface area contributed by atoms with Gasteiger partial charge in [0.15, 0.2) is 0 Å². The molecule has 0 saturated carbocycles. The lowest BCUT2D eigenvalue weighted by molar-refractivity contribution is 0.632. The average Bonchev–Trinajstić information content (AvgIpc) is 3.40. The minimum absolute atomic E-state index is 0.161. The van der Waals surface area contributed by atoms with Gasteiger partial charge in [0.1, 0.15) is 11.2 Å². The third kappa shape index (κ3) is 3.72. The maximum absolute atomic E-state index is 6.22. The highest BCUT2D eigenvalue weighted by Crippen LogP contribution is 2.52. The van der Waals surface area contributed by atoms with Crippen LogP contribution in [0, 0.1) is 0 Å². The SMILES string of the molecule is CC1(C)c2ccccc2N(c2ccc(-c3ccccc3)cc2)c2ccc(-c3ccc4c(c3)oc3ccccc34)cc21. The van der Waals surface area contributed by atoms with Crippen LogP contribution in [-0.4, -0.2) is 0 Å². The van der Waals surface area contributed by atoms with Crippen molar-refractivity contribution in [3.8, 4) is 22.3 Å². The molecule has 0 spiro atoms. The van der Waals surface area contributed by atoms with Crippen LogP contribution in [0.1, 0.15) is 25.0 Å². The van der Waals surface area contributed by atoms with Crippen molar-refractivity contribution in [2.75, 3.05) is 4.90 Å². The maximum Gasteiger partial charge on any atom is 0.136 e. The van der Waals surface area contributed by atoms with Gasteiger partial charge in [-0.15, -0.1) is 0 Å². The van der Waals surface area contributed by atoms with E-state index in [9.17, 15) is 0 Å². The molecule has 0 radical (unpaired) electrons. The van der Waals surface area contributed by atoms with Crippen molar-refractivity contribution in [3.63, 3.8) is 0 Å². The van der Waals surface area contributed by atoms with Crippen LogP contribution in [0.3, 0.4) is 0 Å². The van der Waals surface area contributed by atoms with Crippen molar-refractivity contribution in [3.05, 3.63) is 151 Å². The van der Waals surface area contributed by atoms with Crippen LogP contribution < -0.4 is 4.90 Å². The number of anilines is 3. The van der Waals surface area contributed by atoms with E-state index in [1.807, 2.05) is 12.1 Å². The second-order valence-electron chi connectivity index (χ2n) is 11.4. The summed E-state index contributed by atoms with van der Waals surface area (Å²) < 4.78 is 6.22. The molecule has 1 aromatic heterocycles. The molecule has 0 saturated heterocycles. The molecule has 2 nitrogen and oxygen atoms in total. The first-order valence-electron chi connectivity index (χ1n) is 14.2. The van der Waals surface area contributed by atoms with Gasteiger partial charge in [-0.25, -0.2) is 0 Å². The number of hydrogen-bond acceptors (Lipinski definition) is 2. The number of furan rings is 1. The first kappa shape index (κ1) is 23.8. The molecule has 0 bridgehead atoms. The first-order chi connectivity index (χ1) is 20.1. The molecule has 0 atom stereocenters. The molecule has 1 aliphatic heterocycles. The fourth-order valence-corrected chi connectivity index (χ4v) is 6.50. The molecule has 6 aromatic carbocycles. The van der Waals surface area contributed by atoms with Crippen LogP contribution in [0.5, 0.6) is 0 Å². The van der Waals surface area contributed by atoms with Gasteiger partial charge in [-0.2, -0.15) is 0 Å². The van der Waals surface area contributed by atoms with Gasteiger partial charge in [0, 0.05) is 21.9 Å². The summed E-state index contributed by atoms with van der Waals surface area (Å²) in [6, 6.07) is 50.1. The minimum atomic E-state index is -0.161. The summed E-state index contributed by atoms with van der Waals surface area (Å²) in [5.74, 6) is 0. The quantitative estimate of drug-likeness (QED) is 0.227. The molecule has 0 unspecified atom stereocenters. The predicted octanol–water partition coefficient (Wildman–Crippen LogP) is 11.0. The highest BCUT2D eigenvalue weighted by molar-refractivity contribution is 6.06. The largest absolute Gasteiger partial charge is 0.456 e. The average molecular weight is 528 g/mol. The molecule has 2 heteroatoms.